The van der Waals surface area contributed by atoms with Crippen molar-refractivity contribution in [3.8, 4) is 17.1 Å². The summed E-state index contributed by atoms with van der Waals surface area (Å²) in [5.74, 6) is 1.33. The van der Waals surface area contributed by atoms with Gasteiger partial charge in [-0.1, -0.05) is 30.3 Å². The maximum absolute atomic E-state index is 12.4. The Morgan fingerprint density at radius 3 is 2.59 bits per heavy atom. The predicted octanol–water partition coefficient (Wildman–Crippen LogP) is 4.43. The van der Waals surface area contributed by atoms with Gasteiger partial charge >= 0.3 is 0 Å². The van der Waals surface area contributed by atoms with Gasteiger partial charge in [0.15, 0.2) is 0 Å². The number of fused-ring (bicyclic) bond motifs is 1. The molecule has 5 aromatic rings. The van der Waals surface area contributed by atoms with Gasteiger partial charge < -0.3 is 10.1 Å². The van der Waals surface area contributed by atoms with E-state index >= 15 is 0 Å². The fourth-order valence-corrected chi connectivity index (χ4v) is 5.29. The first kappa shape index (κ1) is 24.8. The molecule has 1 fully saturated rings. The summed E-state index contributed by atoms with van der Waals surface area (Å²) in [6, 6.07) is 15.4. The molecule has 0 radical (unpaired) electrons. The zero-order chi connectivity index (χ0) is 26.8. The van der Waals surface area contributed by atoms with Crippen molar-refractivity contribution in [2.24, 2.45) is 7.05 Å². The molecule has 0 unspecified atom stereocenters. The van der Waals surface area contributed by atoms with Gasteiger partial charge in [0.2, 0.25) is 5.88 Å². The van der Waals surface area contributed by atoms with E-state index in [1.54, 1.807) is 10.7 Å². The number of hydrogen-bond donors (Lipinski definition) is 1. The first-order valence-electron chi connectivity index (χ1n) is 13.5. The van der Waals surface area contributed by atoms with Gasteiger partial charge in [-0.25, -0.2) is 9.67 Å². The zero-order valence-corrected chi connectivity index (χ0v) is 22.2. The molecule has 200 valence electrons. The third-order valence-corrected chi connectivity index (χ3v) is 7.22. The number of benzene rings is 1. The second-order valence-electron chi connectivity index (χ2n) is 10.0. The maximum atomic E-state index is 12.4. The molecule has 1 aromatic carbocycles. The number of aromatic nitrogens is 7. The van der Waals surface area contributed by atoms with Crippen molar-refractivity contribution in [1.29, 1.82) is 0 Å². The highest BCUT2D eigenvalue weighted by Gasteiger charge is 2.27. The van der Waals surface area contributed by atoms with E-state index in [1.807, 2.05) is 56.0 Å². The lowest BCUT2D eigenvalue weighted by Gasteiger charge is -2.29. The Hall–Kier alpha value is -4.47. The van der Waals surface area contributed by atoms with E-state index in [1.165, 1.54) is 10.7 Å². The molecule has 1 aliphatic rings. The topological polar surface area (TPSA) is 105 Å². The van der Waals surface area contributed by atoms with Crippen LogP contribution in [-0.2, 0) is 13.6 Å². The summed E-state index contributed by atoms with van der Waals surface area (Å²) >= 11 is 0. The van der Waals surface area contributed by atoms with E-state index in [0.29, 0.717) is 12.4 Å². The van der Waals surface area contributed by atoms with E-state index in [0.717, 1.165) is 65.8 Å². The average Bonchev–Trinajstić information content (AvgIpc) is 3.55. The van der Waals surface area contributed by atoms with Gasteiger partial charge in [-0.3, -0.25) is 14.2 Å². The lowest BCUT2D eigenvalue weighted by molar-refractivity contribution is 0.123. The highest BCUT2D eigenvalue weighted by Crippen LogP contribution is 2.36. The summed E-state index contributed by atoms with van der Waals surface area (Å²) in [5, 5.41) is 18.2. The molecule has 10 heteroatoms. The smallest absolute Gasteiger partial charge is 0.267 e. The van der Waals surface area contributed by atoms with Crippen molar-refractivity contribution in [3.05, 3.63) is 83.0 Å². The summed E-state index contributed by atoms with van der Waals surface area (Å²) in [6.07, 6.45) is 9.38. The van der Waals surface area contributed by atoms with Gasteiger partial charge in [-0.15, -0.1) is 5.10 Å². The molecular formula is C29H32N8O2. The van der Waals surface area contributed by atoms with Crippen LogP contribution >= 0.6 is 0 Å². The molecule has 10 nitrogen and oxygen atoms in total. The first-order chi connectivity index (χ1) is 19.1. The van der Waals surface area contributed by atoms with E-state index in [9.17, 15) is 4.79 Å². The molecule has 4 heterocycles. The number of rotatable bonds is 8. The Morgan fingerprint density at radius 2 is 1.85 bits per heavy atom. The van der Waals surface area contributed by atoms with Crippen molar-refractivity contribution in [1.82, 2.24) is 34.3 Å². The SMILES string of the molecule is CCNc1cc2c(cn1)c(-c1cnn(C)c1)nn2[C@H]1CC[C@@H](Oc2ccc(=O)n(Cc3ccccc3)n2)CC1. The monoisotopic (exact) mass is 524 g/mol. The molecule has 6 rings (SSSR count). The molecular weight excluding hydrogens is 492 g/mol. The highest BCUT2D eigenvalue weighted by atomic mass is 16.5. The average molecular weight is 525 g/mol. The van der Waals surface area contributed by atoms with Crippen molar-refractivity contribution < 1.29 is 4.74 Å². The van der Waals surface area contributed by atoms with Crippen LogP contribution in [0.3, 0.4) is 0 Å². The highest BCUT2D eigenvalue weighted by molar-refractivity contribution is 5.93. The van der Waals surface area contributed by atoms with Crippen LogP contribution in [0.15, 0.2) is 71.9 Å². The molecule has 39 heavy (non-hydrogen) atoms. The molecule has 0 aliphatic heterocycles. The van der Waals surface area contributed by atoms with Crippen LogP contribution < -0.4 is 15.6 Å². The Bertz CT molecular complexity index is 1630. The number of pyridine rings is 1. The minimum absolute atomic E-state index is 0.0371. The molecule has 1 aliphatic carbocycles. The van der Waals surface area contributed by atoms with E-state index in [2.05, 4.69) is 38.2 Å². The first-order valence-corrected chi connectivity index (χ1v) is 13.5. The Morgan fingerprint density at radius 1 is 1.03 bits per heavy atom. The van der Waals surface area contributed by atoms with Crippen molar-refractivity contribution in [3.63, 3.8) is 0 Å². The fourth-order valence-electron chi connectivity index (χ4n) is 5.29. The van der Waals surface area contributed by atoms with Crippen LogP contribution in [-0.4, -0.2) is 47.0 Å². The summed E-state index contributed by atoms with van der Waals surface area (Å²) < 4.78 is 11.7. The van der Waals surface area contributed by atoms with Gasteiger partial charge in [-0.2, -0.15) is 10.2 Å². The van der Waals surface area contributed by atoms with Crippen molar-refractivity contribution >= 4 is 16.7 Å². The number of hydrogen-bond acceptors (Lipinski definition) is 7. The lowest BCUT2D eigenvalue weighted by Crippen LogP contribution is -2.28. The summed E-state index contributed by atoms with van der Waals surface area (Å²) in [7, 11) is 1.91. The normalized spacial score (nSPS) is 17.4. The van der Waals surface area contributed by atoms with Crippen LogP contribution in [0.25, 0.3) is 22.2 Å². The maximum Gasteiger partial charge on any atom is 0.267 e. The minimum Gasteiger partial charge on any atom is -0.473 e. The molecule has 0 atom stereocenters. The largest absolute Gasteiger partial charge is 0.473 e. The van der Waals surface area contributed by atoms with E-state index in [-0.39, 0.29) is 17.7 Å². The molecule has 4 aromatic heterocycles. The standard InChI is InChI=1S/C29H32N8O2/c1-3-30-26-15-25-24(17-31-26)29(21-16-32-35(2)19-21)34-37(25)22-9-11-23(12-10-22)39-27-13-14-28(38)36(33-27)18-20-7-5-4-6-8-20/h4-8,13-17,19,22-23H,3,9-12,18H2,1-2H3,(H,30,31)/t22-,23+. The van der Waals surface area contributed by atoms with Crippen LogP contribution in [0, 0.1) is 0 Å². The number of nitrogens with zero attached hydrogens (tertiary/aromatic N) is 7. The predicted molar refractivity (Wildman–Crippen MR) is 150 cm³/mol. The van der Waals surface area contributed by atoms with Crippen LogP contribution in [0.1, 0.15) is 44.2 Å². The second-order valence-corrected chi connectivity index (χ2v) is 10.0. The van der Waals surface area contributed by atoms with Gasteiger partial charge in [0.1, 0.15) is 17.6 Å². The Balaban J connectivity index is 1.19. The summed E-state index contributed by atoms with van der Waals surface area (Å²) in [5.41, 5.74) is 3.83. The van der Waals surface area contributed by atoms with Gasteiger partial charge in [-0.05, 0) is 38.2 Å². The lowest BCUT2D eigenvalue weighted by atomic mass is 9.93. The van der Waals surface area contributed by atoms with Crippen molar-refractivity contribution in [2.75, 3.05) is 11.9 Å². The van der Waals surface area contributed by atoms with Gasteiger partial charge in [0.05, 0.1) is 24.3 Å². The number of anilines is 1. The quantitative estimate of drug-likeness (QED) is 0.320. The van der Waals surface area contributed by atoms with Gasteiger partial charge in [0, 0.05) is 55.1 Å². The Kier molecular flexibility index (Phi) is 6.83. The fraction of sp³-hybridized carbons (Fsp3) is 0.345. The van der Waals surface area contributed by atoms with E-state index in [4.69, 9.17) is 9.84 Å². The van der Waals surface area contributed by atoms with E-state index < -0.39 is 0 Å². The zero-order valence-electron chi connectivity index (χ0n) is 22.2. The molecule has 0 spiro atoms. The third kappa shape index (κ3) is 5.27. The minimum atomic E-state index is -0.142. The molecule has 0 saturated heterocycles. The molecule has 1 saturated carbocycles. The number of nitrogens with one attached hydrogen (secondary N) is 1. The molecule has 0 bridgehead atoms. The second kappa shape index (κ2) is 10.7. The molecule has 0 amide bonds. The number of aryl methyl sites for hydroxylation is 1. The van der Waals surface area contributed by atoms with Crippen LogP contribution in [0.2, 0.25) is 0 Å². The Labute approximate surface area is 226 Å². The van der Waals surface area contributed by atoms with Crippen LogP contribution in [0.4, 0.5) is 5.82 Å². The van der Waals surface area contributed by atoms with Crippen molar-refractivity contribution in [2.45, 2.75) is 51.3 Å². The van der Waals surface area contributed by atoms with Crippen LogP contribution in [0.5, 0.6) is 5.88 Å². The number of ether oxygens (including phenoxy) is 1. The summed E-state index contributed by atoms with van der Waals surface area (Å²) in [4.78, 5) is 17.0. The third-order valence-electron chi connectivity index (χ3n) is 7.22. The summed E-state index contributed by atoms with van der Waals surface area (Å²) in [6.45, 7) is 3.28. The molecule has 1 N–H and O–H groups in total. The van der Waals surface area contributed by atoms with Gasteiger partial charge in [0.25, 0.3) is 5.56 Å².